The second-order valence-corrected chi connectivity index (χ2v) is 4.44. The highest BCUT2D eigenvalue weighted by molar-refractivity contribution is 5.98. The molecule has 1 aliphatic heterocycles. The first kappa shape index (κ1) is 13.7. The molecule has 2 rings (SSSR count). The van der Waals surface area contributed by atoms with Gasteiger partial charge in [-0.05, 0) is 6.07 Å². The number of piperazine rings is 1. The van der Waals surface area contributed by atoms with Crippen LogP contribution in [0.5, 0.6) is 0 Å². The molecule has 0 spiro atoms. The Morgan fingerprint density at radius 1 is 1.37 bits per heavy atom. The second-order valence-electron chi connectivity index (χ2n) is 4.44. The SMILES string of the molecule is NC(=O)c1cnccc1N1CCN(CC(F)F)CC1. The minimum absolute atomic E-state index is 0.202. The summed E-state index contributed by atoms with van der Waals surface area (Å²) in [6.07, 6.45) is 0.713. The Balaban J connectivity index is 2.04. The highest BCUT2D eigenvalue weighted by Crippen LogP contribution is 2.20. The number of alkyl halides is 2. The van der Waals surface area contributed by atoms with Gasteiger partial charge < -0.3 is 10.6 Å². The molecule has 0 unspecified atom stereocenters. The van der Waals surface area contributed by atoms with Crippen LogP contribution in [-0.2, 0) is 0 Å². The van der Waals surface area contributed by atoms with Crippen LogP contribution in [0.2, 0.25) is 0 Å². The zero-order valence-corrected chi connectivity index (χ0v) is 10.4. The van der Waals surface area contributed by atoms with Gasteiger partial charge in [0.25, 0.3) is 12.3 Å². The van der Waals surface area contributed by atoms with Crippen molar-refractivity contribution in [2.75, 3.05) is 37.6 Å². The number of carbonyl (C=O) groups excluding carboxylic acids is 1. The number of carbonyl (C=O) groups is 1. The van der Waals surface area contributed by atoms with Gasteiger partial charge in [0, 0.05) is 38.6 Å². The highest BCUT2D eigenvalue weighted by atomic mass is 19.3. The van der Waals surface area contributed by atoms with Crippen molar-refractivity contribution in [1.29, 1.82) is 0 Å². The van der Waals surface area contributed by atoms with E-state index in [1.54, 1.807) is 17.2 Å². The third kappa shape index (κ3) is 3.37. The first-order chi connectivity index (χ1) is 9.08. The van der Waals surface area contributed by atoms with Crippen LogP contribution in [0.4, 0.5) is 14.5 Å². The molecular formula is C12H16F2N4O. The number of halogens is 2. The molecule has 1 aromatic rings. The highest BCUT2D eigenvalue weighted by Gasteiger charge is 2.22. The summed E-state index contributed by atoms with van der Waals surface area (Å²) in [5, 5.41) is 0. The van der Waals surface area contributed by atoms with E-state index < -0.39 is 12.3 Å². The minimum atomic E-state index is -2.31. The van der Waals surface area contributed by atoms with Crippen LogP contribution in [-0.4, -0.2) is 54.9 Å². The van der Waals surface area contributed by atoms with E-state index in [0.29, 0.717) is 31.7 Å². The van der Waals surface area contributed by atoms with Crippen LogP contribution in [0, 0.1) is 0 Å². The second kappa shape index (κ2) is 5.92. The lowest BCUT2D eigenvalue weighted by Gasteiger charge is -2.36. The maximum atomic E-state index is 12.3. The summed E-state index contributed by atoms with van der Waals surface area (Å²) >= 11 is 0. The summed E-state index contributed by atoms with van der Waals surface area (Å²) in [4.78, 5) is 18.9. The predicted octanol–water partition coefficient (Wildman–Crippen LogP) is 0.568. The van der Waals surface area contributed by atoms with Gasteiger partial charge in [-0.3, -0.25) is 14.7 Å². The molecule has 2 heterocycles. The van der Waals surface area contributed by atoms with Crippen molar-refractivity contribution >= 4 is 11.6 Å². The van der Waals surface area contributed by atoms with Crippen molar-refractivity contribution in [1.82, 2.24) is 9.88 Å². The summed E-state index contributed by atoms with van der Waals surface area (Å²) in [7, 11) is 0. The van der Waals surface area contributed by atoms with E-state index in [4.69, 9.17) is 5.73 Å². The number of nitrogens with two attached hydrogens (primary N) is 1. The number of amides is 1. The fourth-order valence-corrected chi connectivity index (χ4v) is 2.22. The first-order valence-electron chi connectivity index (χ1n) is 6.07. The largest absolute Gasteiger partial charge is 0.368 e. The molecule has 104 valence electrons. The maximum absolute atomic E-state index is 12.3. The number of nitrogens with zero attached hydrogens (tertiary/aromatic N) is 3. The number of hydrogen-bond acceptors (Lipinski definition) is 4. The number of hydrogen-bond donors (Lipinski definition) is 1. The molecule has 0 radical (unpaired) electrons. The van der Waals surface area contributed by atoms with Crippen molar-refractivity contribution in [2.24, 2.45) is 5.73 Å². The van der Waals surface area contributed by atoms with Crippen LogP contribution in [0.25, 0.3) is 0 Å². The standard InChI is InChI=1S/C12H16F2N4O/c13-11(14)8-17-3-5-18(6-4-17)10-1-2-16-7-9(10)12(15)19/h1-2,7,11H,3-6,8H2,(H2,15,19). The van der Waals surface area contributed by atoms with E-state index in [0.717, 1.165) is 5.69 Å². The molecular weight excluding hydrogens is 254 g/mol. The number of primary amides is 1. The Morgan fingerprint density at radius 3 is 2.63 bits per heavy atom. The van der Waals surface area contributed by atoms with E-state index in [1.165, 1.54) is 6.20 Å². The zero-order valence-electron chi connectivity index (χ0n) is 10.4. The van der Waals surface area contributed by atoms with Gasteiger partial charge in [-0.1, -0.05) is 0 Å². The summed E-state index contributed by atoms with van der Waals surface area (Å²) in [5.74, 6) is -0.530. The average molecular weight is 270 g/mol. The quantitative estimate of drug-likeness (QED) is 0.868. The van der Waals surface area contributed by atoms with Gasteiger partial charge in [-0.15, -0.1) is 0 Å². The number of anilines is 1. The van der Waals surface area contributed by atoms with Gasteiger partial charge in [-0.25, -0.2) is 8.78 Å². The van der Waals surface area contributed by atoms with Crippen molar-refractivity contribution < 1.29 is 13.6 Å². The maximum Gasteiger partial charge on any atom is 0.252 e. The average Bonchev–Trinajstić information content (AvgIpc) is 2.39. The van der Waals surface area contributed by atoms with E-state index in [1.807, 2.05) is 4.90 Å². The zero-order chi connectivity index (χ0) is 13.8. The summed E-state index contributed by atoms with van der Waals surface area (Å²) in [6.45, 7) is 2.08. The van der Waals surface area contributed by atoms with Crippen molar-refractivity contribution in [3.63, 3.8) is 0 Å². The molecule has 1 amide bonds. The Morgan fingerprint density at radius 2 is 2.05 bits per heavy atom. The lowest BCUT2D eigenvalue weighted by Crippen LogP contribution is -2.48. The predicted molar refractivity (Wildman–Crippen MR) is 67.4 cm³/mol. The lowest BCUT2D eigenvalue weighted by atomic mass is 10.2. The van der Waals surface area contributed by atoms with E-state index in [-0.39, 0.29) is 6.54 Å². The molecule has 19 heavy (non-hydrogen) atoms. The van der Waals surface area contributed by atoms with Gasteiger partial charge in [0.15, 0.2) is 0 Å². The number of aromatic nitrogens is 1. The van der Waals surface area contributed by atoms with Crippen molar-refractivity contribution in [3.05, 3.63) is 24.0 Å². The molecule has 0 aromatic carbocycles. The molecule has 0 saturated carbocycles. The van der Waals surface area contributed by atoms with Crippen LogP contribution in [0.1, 0.15) is 10.4 Å². The summed E-state index contributed by atoms with van der Waals surface area (Å²) in [5.41, 5.74) is 6.39. The molecule has 1 aliphatic rings. The first-order valence-corrected chi connectivity index (χ1v) is 6.07. The normalized spacial score (nSPS) is 16.9. The van der Waals surface area contributed by atoms with Crippen LogP contribution in [0.15, 0.2) is 18.5 Å². The van der Waals surface area contributed by atoms with Crippen LogP contribution in [0.3, 0.4) is 0 Å². The minimum Gasteiger partial charge on any atom is -0.368 e. The molecule has 0 bridgehead atoms. The number of pyridine rings is 1. The molecule has 2 N–H and O–H groups in total. The molecule has 7 heteroatoms. The molecule has 1 saturated heterocycles. The smallest absolute Gasteiger partial charge is 0.252 e. The number of rotatable bonds is 4. The third-order valence-electron chi connectivity index (χ3n) is 3.17. The molecule has 1 aromatic heterocycles. The van der Waals surface area contributed by atoms with Gasteiger partial charge in [0.2, 0.25) is 0 Å². The van der Waals surface area contributed by atoms with E-state index in [9.17, 15) is 13.6 Å². The Hall–Kier alpha value is -1.76. The Kier molecular flexibility index (Phi) is 4.26. The topological polar surface area (TPSA) is 62.5 Å². The van der Waals surface area contributed by atoms with Gasteiger partial charge >= 0.3 is 0 Å². The fourth-order valence-electron chi connectivity index (χ4n) is 2.22. The third-order valence-corrected chi connectivity index (χ3v) is 3.17. The van der Waals surface area contributed by atoms with Gasteiger partial charge in [0.1, 0.15) is 0 Å². The molecule has 1 fully saturated rings. The molecule has 0 atom stereocenters. The van der Waals surface area contributed by atoms with Gasteiger partial charge in [0.05, 0.1) is 17.8 Å². The molecule has 0 aliphatic carbocycles. The Bertz CT molecular complexity index is 447. The summed E-state index contributed by atoms with van der Waals surface area (Å²) < 4.78 is 24.6. The van der Waals surface area contributed by atoms with E-state index in [2.05, 4.69) is 4.98 Å². The summed E-state index contributed by atoms with van der Waals surface area (Å²) in [6, 6.07) is 1.73. The van der Waals surface area contributed by atoms with Gasteiger partial charge in [-0.2, -0.15) is 0 Å². The van der Waals surface area contributed by atoms with Crippen LogP contribution >= 0.6 is 0 Å². The van der Waals surface area contributed by atoms with Crippen molar-refractivity contribution in [3.8, 4) is 0 Å². The molecule has 5 nitrogen and oxygen atoms in total. The van der Waals surface area contributed by atoms with E-state index >= 15 is 0 Å². The fraction of sp³-hybridized carbons (Fsp3) is 0.500. The monoisotopic (exact) mass is 270 g/mol. The Labute approximate surface area is 110 Å². The van der Waals surface area contributed by atoms with Crippen LogP contribution < -0.4 is 10.6 Å². The lowest BCUT2D eigenvalue weighted by molar-refractivity contribution is 0.0854. The van der Waals surface area contributed by atoms with Crippen molar-refractivity contribution in [2.45, 2.75) is 6.43 Å².